The van der Waals surface area contributed by atoms with Gasteiger partial charge in [0, 0.05) is 71.9 Å². The Morgan fingerprint density at radius 3 is 2.51 bits per heavy atom. The van der Waals surface area contributed by atoms with E-state index in [0.717, 1.165) is 5.56 Å². The van der Waals surface area contributed by atoms with Crippen molar-refractivity contribution in [3.63, 3.8) is 0 Å². The number of nitrogens with one attached hydrogen (secondary N) is 1. The van der Waals surface area contributed by atoms with Gasteiger partial charge in [0.2, 0.25) is 0 Å². The van der Waals surface area contributed by atoms with Crippen molar-refractivity contribution >= 4 is 42.9 Å². The fourth-order valence-corrected chi connectivity index (χ4v) is 9.86. The first-order valence-corrected chi connectivity index (χ1v) is 19.1. The minimum absolute atomic E-state index is 0.0494. The average Bonchev–Trinajstić information content (AvgIpc) is 3.71. The van der Waals surface area contributed by atoms with Gasteiger partial charge in [-0.25, -0.2) is 0 Å². The fraction of sp³-hybridized carbons (Fsp3) is 0.353. The van der Waals surface area contributed by atoms with Crippen LogP contribution in [-0.4, -0.2) is 62.7 Å². The molecule has 4 aromatic rings. The number of carbonyl (C=O) groups is 2. The first-order valence-electron chi connectivity index (χ1n) is 16.1. The van der Waals surface area contributed by atoms with Gasteiger partial charge in [-0.05, 0) is 67.5 Å². The highest BCUT2D eigenvalue weighted by Gasteiger charge is 2.66. The molecule has 6 rings (SSSR count). The predicted octanol–water partition coefficient (Wildman–Crippen LogP) is 3.99. The normalized spacial score (nSPS) is 21.7. The number of aliphatic hydroxyl groups is 1. The number of ether oxygens (including phenoxy) is 1. The molecule has 2 aliphatic heterocycles. The van der Waals surface area contributed by atoms with Gasteiger partial charge in [0.25, 0.3) is 17.5 Å². The summed E-state index contributed by atoms with van der Waals surface area (Å²) in [5.41, 5.74) is 7.53. The third-order valence-corrected chi connectivity index (χ3v) is 12.0. The first-order chi connectivity index (χ1) is 23.3. The maximum absolute atomic E-state index is 14.7. The molecule has 3 heterocycles. The van der Waals surface area contributed by atoms with Crippen molar-refractivity contribution in [2.24, 2.45) is 5.92 Å². The molecule has 0 aliphatic carbocycles. The number of nitrogens with two attached hydrogens (primary N) is 1. The summed E-state index contributed by atoms with van der Waals surface area (Å²) in [6, 6.07) is 18.1. The monoisotopic (exact) mass is 685 g/mol. The van der Waals surface area contributed by atoms with E-state index in [1.165, 1.54) is 12.1 Å². The molecule has 0 bridgehead atoms. The summed E-state index contributed by atoms with van der Waals surface area (Å²) in [5, 5.41) is 32.2. The van der Waals surface area contributed by atoms with Gasteiger partial charge in [-0.1, -0.05) is 24.3 Å². The zero-order valence-electron chi connectivity index (χ0n) is 27.4. The average molecular weight is 686 g/mol. The molecule has 0 saturated carbocycles. The zero-order chi connectivity index (χ0) is 35.1. The van der Waals surface area contributed by atoms with Crippen molar-refractivity contribution in [3.8, 4) is 0 Å². The lowest BCUT2D eigenvalue weighted by atomic mass is 9.82. The number of carbonyl (C=O) groups excluding carboxylic acids is 2. The number of nitro groups is 1. The Bertz CT molecular complexity index is 1880. The maximum atomic E-state index is 14.7. The standard InChI is InChI=1S/C34H39N7O7Si/c1-21-31(49(2,3)47)30(14-16-39-20-26(15-17-42)37-38-39)48-34(21)28-18-27(41(45)46)12-13-29(28)40(33(34)44)19-22-4-10-25(11-5-22)36-32(43)23-6-8-24(35)9-7-23/h4-13,18,20-21,30-31,42,47H,14-17,19,35H2,1-3H3,(H,36,43)/t21-,30+,31-,34+/m0/s1. The summed E-state index contributed by atoms with van der Waals surface area (Å²) in [6.07, 6.45) is 1.99. The lowest BCUT2D eigenvalue weighted by Gasteiger charge is -2.32. The van der Waals surface area contributed by atoms with Crippen LogP contribution in [-0.2, 0) is 34.6 Å². The smallest absolute Gasteiger partial charge is 0.269 e. The maximum Gasteiger partial charge on any atom is 0.269 e. The van der Waals surface area contributed by atoms with Crippen LogP contribution in [0.25, 0.3) is 0 Å². The van der Waals surface area contributed by atoms with E-state index in [1.807, 2.05) is 20.0 Å². The molecule has 4 atom stereocenters. The minimum Gasteiger partial charge on any atom is -0.432 e. The van der Waals surface area contributed by atoms with E-state index in [1.54, 1.807) is 70.4 Å². The van der Waals surface area contributed by atoms with Crippen LogP contribution < -0.4 is 16.0 Å². The number of hydrogen-bond donors (Lipinski definition) is 4. The van der Waals surface area contributed by atoms with Gasteiger partial charge in [0.15, 0.2) is 13.9 Å². The second kappa shape index (κ2) is 13.2. The first kappa shape index (κ1) is 33.9. The number of amides is 2. The van der Waals surface area contributed by atoms with E-state index < -0.39 is 30.9 Å². The quantitative estimate of drug-likeness (QED) is 0.0775. The van der Waals surface area contributed by atoms with E-state index in [4.69, 9.17) is 10.5 Å². The second-order valence-corrected chi connectivity index (χ2v) is 17.2. The molecular weight excluding hydrogens is 647 g/mol. The van der Waals surface area contributed by atoms with Gasteiger partial charge in [-0.3, -0.25) is 24.4 Å². The van der Waals surface area contributed by atoms with E-state index >= 15 is 0 Å². The number of fused-ring (bicyclic) bond motifs is 2. The van der Waals surface area contributed by atoms with Gasteiger partial charge in [-0.15, -0.1) is 5.10 Å². The van der Waals surface area contributed by atoms with Crippen LogP contribution in [0.2, 0.25) is 18.6 Å². The van der Waals surface area contributed by atoms with Crippen molar-refractivity contribution in [1.29, 1.82) is 0 Å². The summed E-state index contributed by atoms with van der Waals surface area (Å²) in [5.74, 6) is -1.15. The molecule has 0 radical (unpaired) electrons. The number of nitro benzene ring substituents is 1. The number of aryl methyl sites for hydroxylation is 1. The summed E-state index contributed by atoms with van der Waals surface area (Å²) < 4.78 is 8.44. The summed E-state index contributed by atoms with van der Waals surface area (Å²) in [6.45, 7) is 6.01. The summed E-state index contributed by atoms with van der Waals surface area (Å²) >= 11 is 0. The topological polar surface area (TPSA) is 199 Å². The number of benzene rings is 3. The van der Waals surface area contributed by atoms with Crippen LogP contribution in [0.4, 0.5) is 22.7 Å². The Kier molecular flexibility index (Phi) is 9.11. The molecule has 5 N–H and O–H groups in total. The number of nitrogen functional groups attached to an aromatic ring is 1. The molecule has 3 aromatic carbocycles. The third-order valence-electron chi connectivity index (χ3n) is 9.50. The third kappa shape index (κ3) is 6.45. The van der Waals surface area contributed by atoms with Crippen molar-refractivity contribution < 1.29 is 29.2 Å². The molecular formula is C34H39N7O7Si. The molecule has 2 aliphatic rings. The number of aromatic nitrogens is 3. The van der Waals surface area contributed by atoms with Crippen LogP contribution in [0.1, 0.15) is 40.5 Å². The minimum atomic E-state index is -2.97. The molecule has 1 spiro atoms. The summed E-state index contributed by atoms with van der Waals surface area (Å²) in [7, 11) is -2.97. The van der Waals surface area contributed by atoms with Gasteiger partial charge >= 0.3 is 0 Å². The van der Waals surface area contributed by atoms with E-state index in [-0.39, 0.29) is 36.2 Å². The lowest BCUT2D eigenvalue weighted by molar-refractivity contribution is -0.385. The highest BCUT2D eigenvalue weighted by atomic mass is 28.4. The van der Waals surface area contributed by atoms with E-state index in [0.29, 0.717) is 53.3 Å². The highest BCUT2D eigenvalue weighted by Crippen LogP contribution is 2.60. The van der Waals surface area contributed by atoms with Gasteiger partial charge in [0.05, 0.1) is 29.0 Å². The molecule has 1 fully saturated rings. The Balaban J connectivity index is 1.29. The molecule has 256 valence electrons. The number of rotatable bonds is 11. The molecule has 2 amide bonds. The molecule has 14 nitrogen and oxygen atoms in total. The largest absolute Gasteiger partial charge is 0.432 e. The fourth-order valence-electron chi connectivity index (χ4n) is 7.26. The number of nitrogens with zero attached hydrogens (tertiary/aromatic N) is 5. The van der Waals surface area contributed by atoms with Crippen molar-refractivity contribution in [2.75, 3.05) is 22.6 Å². The summed E-state index contributed by atoms with van der Waals surface area (Å²) in [4.78, 5) is 51.9. The Morgan fingerprint density at radius 2 is 1.86 bits per heavy atom. The van der Waals surface area contributed by atoms with Gasteiger partial charge < -0.3 is 30.6 Å². The van der Waals surface area contributed by atoms with Crippen LogP contribution >= 0.6 is 0 Å². The molecule has 0 unspecified atom stereocenters. The van der Waals surface area contributed by atoms with E-state index in [2.05, 4.69) is 15.6 Å². The van der Waals surface area contributed by atoms with Crippen LogP contribution in [0.15, 0.2) is 72.9 Å². The van der Waals surface area contributed by atoms with Crippen molar-refractivity contribution in [2.45, 2.75) is 63.2 Å². The highest BCUT2D eigenvalue weighted by molar-refractivity contribution is 6.71. The van der Waals surface area contributed by atoms with Crippen LogP contribution in [0.3, 0.4) is 0 Å². The molecule has 1 saturated heterocycles. The molecule has 1 aromatic heterocycles. The van der Waals surface area contributed by atoms with Crippen molar-refractivity contribution in [3.05, 3.63) is 105 Å². The Morgan fingerprint density at radius 1 is 1.14 bits per heavy atom. The number of non-ortho nitro benzene ring substituents is 1. The SMILES string of the molecule is C[C@H]1[C@H]([Si](C)(C)O)[C@@H](CCn2cc(CCO)nn2)O[C@]12C(=O)N(Cc1ccc(NC(=O)c3ccc(N)cc3)cc1)c1ccc([N+](=O)[O-])cc12. The van der Waals surface area contributed by atoms with Gasteiger partial charge in [-0.2, -0.15) is 0 Å². The Hall–Kier alpha value is -4.96. The second-order valence-electron chi connectivity index (χ2n) is 13.2. The predicted molar refractivity (Wildman–Crippen MR) is 184 cm³/mol. The number of anilines is 3. The number of aliphatic hydroxyl groups excluding tert-OH is 1. The Labute approximate surface area is 283 Å². The molecule has 15 heteroatoms. The van der Waals surface area contributed by atoms with Crippen LogP contribution in [0, 0.1) is 16.0 Å². The molecule has 49 heavy (non-hydrogen) atoms. The van der Waals surface area contributed by atoms with Gasteiger partial charge in [0.1, 0.15) is 0 Å². The lowest BCUT2D eigenvalue weighted by Crippen LogP contribution is -2.46. The number of hydrogen-bond acceptors (Lipinski definition) is 10. The van der Waals surface area contributed by atoms with E-state index in [9.17, 15) is 29.6 Å². The van der Waals surface area contributed by atoms with Crippen LogP contribution in [0.5, 0.6) is 0 Å². The zero-order valence-corrected chi connectivity index (χ0v) is 28.4. The van der Waals surface area contributed by atoms with Crippen molar-refractivity contribution in [1.82, 2.24) is 15.0 Å².